The van der Waals surface area contributed by atoms with Gasteiger partial charge in [0.1, 0.15) is 0 Å². The number of benzene rings is 1. The normalized spacial score (nSPS) is 15.7. The van der Waals surface area contributed by atoms with Gasteiger partial charge in [0.15, 0.2) is 0 Å². The third-order valence-electron chi connectivity index (χ3n) is 2.89. The molecule has 0 fully saturated rings. The predicted molar refractivity (Wildman–Crippen MR) is 69.5 cm³/mol. The Hall–Kier alpha value is -0.890. The second-order valence-corrected chi connectivity index (χ2v) is 4.92. The number of hydrogen-bond acceptors (Lipinski definition) is 2. The van der Waals surface area contributed by atoms with Crippen LogP contribution in [0.15, 0.2) is 29.3 Å². The van der Waals surface area contributed by atoms with Crippen LogP contribution in [0.5, 0.6) is 0 Å². The first-order valence-electron chi connectivity index (χ1n) is 5.30. The maximum Gasteiger partial charge on any atom is 0.0465 e. The molecule has 0 saturated heterocycles. The number of thioether (sulfide) groups is 1. The summed E-state index contributed by atoms with van der Waals surface area (Å²) in [6.45, 7) is 5.50. The molecule has 1 aliphatic heterocycles. The van der Waals surface area contributed by atoms with Crippen LogP contribution in [0.2, 0.25) is 0 Å². The molecule has 0 amide bonds. The molecule has 1 aromatic rings. The highest BCUT2D eigenvalue weighted by Crippen LogP contribution is 2.31. The fourth-order valence-electron chi connectivity index (χ4n) is 2.12. The summed E-state index contributed by atoms with van der Waals surface area (Å²) in [6.07, 6.45) is 5.63. The van der Waals surface area contributed by atoms with E-state index in [0.717, 1.165) is 6.54 Å². The van der Waals surface area contributed by atoms with Crippen molar-refractivity contribution in [2.75, 3.05) is 17.7 Å². The number of rotatable bonds is 2. The maximum absolute atomic E-state index is 2.39. The number of para-hydroxylation sites is 1. The molecule has 1 aliphatic rings. The van der Waals surface area contributed by atoms with Gasteiger partial charge in [-0.2, -0.15) is 0 Å². The zero-order valence-corrected chi connectivity index (χ0v) is 10.4. The quantitative estimate of drug-likeness (QED) is 0.746. The molecule has 0 radical (unpaired) electrons. The van der Waals surface area contributed by atoms with Crippen LogP contribution in [-0.2, 0) is 0 Å². The van der Waals surface area contributed by atoms with Gasteiger partial charge in [-0.05, 0) is 37.7 Å². The lowest BCUT2D eigenvalue weighted by molar-refractivity contribution is 0.983. The molecule has 0 unspecified atom stereocenters. The Morgan fingerprint density at radius 1 is 1.20 bits per heavy atom. The van der Waals surface area contributed by atoms with Crippen LogP contribution in [-0.4, -0.2) is 12.8 Å². The number of aryl methyl sites for hydroxylation is 2. The molecule has 2 heteroatoms. The van der Waals surface area contributed by atoms with Gasteiger partial charge < -0.3 is 4.90 Å². The van der Waals surface area contributed by atoms with Gasteiger partial charge in [0.05, 0.1) is 0 Å². The second kappa shape index (κ2) is 4.31. The SMILES string of the molecule is CSC1=CN(c2c(C)cccc2C)CC1. The van der Waals surface area contributed by atoms with Crippen molar-refractivity contribution >= 4 is 17.4 Å². The Balaban J connectivity index is 2.35. The molecule has 0 spiro atoms. The van der Waals surface area contributed by atoms with Crippen molar-refractivity contribution in [3.8, 4) is 0 Å². The second-order valence-electron chi connectivity index (χ2n) is 3.98. The smallest absolute Gasteiger partial charge is 0.0465 e. The van der Waals surface area contributed by atoms with Crippen LogP contribution in [0.3, 0.4) is 0 Å². The summed E-state index contributed by atoms with van der Waals surface area (Å²) in [5.41, 5.74) is 4.13. The fraction of sp³-hybridized carbons (Fsp3) is 0.385. The topological polar surface area (TPSA) is 3.24 Å². The molecule has 80 valence electrons. The van der Waals surface area contributed by atoms with Crippen LogP contribution in [0.4, 0.5) is 5.69 Å². The first kappa shape index (κ1) is 10.6. The molecule has 0 saturated carbocycles. The Labute approximate surface area is 96.2 Å². The minimum Gasteiger partial charge on any atom is -0.346 e. The Morgan fingerprint density at radius 2 is 1.87 bits per heavy atom. The summed E-state index contributed by atoms with van der Waals surface area (Å²) in [5.74, 6) is 0. The van der Waals surface area contributed by atoms with E-state index in [-0.39, 0.29) is 0 Å². The summed E-state index contributed by atoms with van der Waals surface area (Å²) in [4.78, 5) is 3.87. The first-order chi connectivity index (χ1) is 7.22. The van der Waals surface area contributed by atoms with Crippen molar-refractivity contribution in [1.29, 1.82) is 0 Å². The summed E-state index contributed by atoms with van der Waals surface area (Å²) < 4.78 is 0. The van der Waals surface area contributed by atoms with E-state index in [1.54, 1.807) is 0 Å². The van der Waals surface area contributed by atoms with Gasteiger partial charge in [0.2, 0.25) is 0 Å². The highest BCUT2D eigenvalue weighted by molar-refractivity contribution is 8.02. The van der Waals surface area contributed by atoms with E-state index in [1.165, 1.54) is 28.1 Å². The van der Waals surface area contributed by atoms with Gasteiger partial charge in [0, 0.05) is 23.3 Å². The van der Waals surface area contributed by atoms with Crippen molar-refractivity contribution in [3.05, 3.63) is 40.4 Å². The summed E-state index contributed by atoms with van der Waals surface area (Å²) in [7, 11) is 0. The third-order valence-corrected chi connectivity index (χ3v) is 3.72. The minimum absolute atomic E-state index is 1.13. The van der Waals surface area contributed by atoms with Gasteiger partial charge in [-0.1, -0.05) is 18.2 Å². The van der Waals surface area contributed by atoms with E-state index in [9.17, 15) is 0 Å². The van der Waals surface area contributed by atoms with E-state index in [4.69, 9.17) is 0 Å². The third kappa shape index (κ3) is 2.05. The Morgan fingerprint density at radius 3 is 2.40 bits per heavy atom. The Bertz CT molecular complexity index is 375. The number of anilines is 1. The van der Waals surface area contributed by atoms with Crippen molar-refractivity contribution in [2.24, 2.45) is 0 Å². The molecular weight excluding hydrogens is 202 g/mol. The molecule has 0 N–H and O–H groups in total. The minimum atomic E-state index is 1.13. The van der Waals surface area contributed by atoms with E-state index in [0.29, 0.717) is 0 Å². The van der Waals surface area contributed by atoms with Crippen LogP contribution in [0.25, 0.3) is 0 Å². The average molecular weight is 219 g/mol. The van der Waals surface area contributed by atoms with Crippen LogP contribution in [0, 0.1) is 13.8 Å². The molecule has 1 nitrogen and oxygen atoms in total. The van der Waals surface area contributed by atoms with Gasteiger partial charge >= 0.3 is 0 Å². The van der Waals surface area contributed by atoms with Crippen LogP contribution >= 0.6 is 11.8 Å². The van der Waals surface area contributed by atoms with E-state index in [2.05, 4.69) is 49.4 Å². The molecule has 15 heavy (non-hydrogen) atoms. The highest BCUT2D eigenvalue weighted by atomic mass is 32.2. The standard InChI is InChI=1S/C13H17NS/c1-10-5-4-6-11(2)13(10)14-8-7-12(9-14)15-3/h4-6,9H,7-8H2,1-3H3. The lowest BCUT2D eigenvalue weighted by Crippen LogP contribution is -2.14. The van der Waals surface area contributed by atoms with Crippen molar-refractivity contribution < 1.29 is 0 Å². The van der Waals surface area contributed by atoms with Crippen LogP contribution < -0.4 is 4.90 Å². The summed E-state index contributed by atoms with van der Waals surface area (Å²) in [5, 5.41) is 0. The molecular formula is C13H17NS. The molecule has 1 aromatic carbocycles. The van der Waals surface area contributed by atoms with E-state index < -0.39 is 0 Å². The fourth-order valence-corrected chi connectivity index (χ4v) is 2.65. The molecule has 0 bridgehead atoms. The lowest BCUT2D eigenvalue weighted by Gasteiger charge is -2.20. The molecule has 2 rings (SSSR count). The van der Waals surface area contributed by atoms with Crippen molar-refractivity contribution in [3.63, 3.8) is 0 Å². The van der Waals surface area contributed by atoms with E-state index in [1.807, 2.05) is 11.8 Å². The zero-order chi connectivity index (χ0) is 10.8. The van der Waals surface area contributed by atoms with Gasteiger partial charge in [0.25, 0.3) is 0 Å². The van der Waals surface area contributed by atoms with Crippen molar-refractivity contribution in [2.45, 2.75) is 20.3 Å². The molecule has 1 heterocycles. The van der Waals surface area contributed by atoms with Crippen LogP contribution in [0.1, 0.15) is 17.5 Å². The number of nitrogens with zero attached hydrogens (tertiary/aromatic N) is 1. The first-order valence-corrected chi connectivity index (χ1v) is 6.52. The average Bonchev–Trinajstić information content (AvgIpc) is 2.66. The van der Waals surface area contributed by atoms with Gasteiger partial charge in [-0.15, -0.1) is 11.8 Å². The highest BCUT2D eigenvalue weighted by Gasteiger charge is 2.16. The number of hydrogen-bond donors (Lipinski definition) is 0. The molecule has 0 aromatic heterocycles. The van der Waals surface area contributed by atoms with Crippen molar-refractivity contribution in [1.82, 2.24) is 0 Å². The largest absolute Gasteiger partial charge is 0.346 e. The lowest BCUT2D eigenvalue weighted by atomic mass is 10.1. The van der Waals surface area contributed by atoms with Gasteiger partial charge in [-0.3, -0.25) is 0 Å². The summed E-state index contributed by atoms with van der Waals surface area (Å²) in [6, 6.07) is 6.50. The maximum atomic E-state index is 2.39. The summed E-state index contributed by atoms with van der Waals surface area (Å²) >= 11 is 1.86. The van der Waals surface area contributed by atoms with E-state index >= 15 is 0 Å². The Kier molecular flexibility index (Phi) is 3.06. The molecule has 0 atom stereocenters. The van der Waals surface area contributed by atoms with Gasteiger partial charge in [-0.25, -0.2) is 0 Å². The zero-order valence-electron chi connectivity index (χ0n) is 9.58. The predicted octanol–water partition coefficient (Wildman–Crippen LogP) is 3.72. The monoisotopic (exact) mass is 219 g/mol. The molecule has 0 aliphatic carbocycles.